The van der Waals surface area contributed by atoms with E-state index in [1.54, 1.807) is 0 Å². The van der Waals surface area contributed by atoms with E-state index in [1.165, 1.54) is 44.3 Å². The molecule has 0 spiro atoms. The van der Waals surface area contributed by atoms with E-state index >= 15 is 0 Å². The van der Waals surface area contributed by atoms with Crippen molar-refractivity contribution < 1.29 is 4.74 Å². The molecule has 2 heteroatoms. The first-order chi connectivity index (χ1) is 29.7. The van der Waals surface area contributed by atoms with Crippen LogP contribution in [0.2, 0.25) is 0 Å². The number of rotatable bonds is 7. The third kappa shape index (κ3) is 6.61. The van der Waals surface area contributed by atoms with Gasteiger partial charge in [0.2, 0.25) is 0 Å². The summed E-state index contributed by atoms with van der Waals surface area (Å²) < 4.78 is 7.07. The normalized spacial score (nSPS) is 11.5. The number of fused-ring (bicyclic) bond motifs is 6. The van der Waals surface area contributed by atoms with Crippen molar-refractivity contribution in [1.29, 1.82) is 0 Å². The van der Waals surface area contributed by atoms with E-state index in [2.05, 4.69) is 241 Å². The molecule has 10 aromatic rings. The van der Waals surface area contributed by atoms with Gasteiger partial charge in [-0.05, 0) is 121 Å². The Kier molecular flexibility index (Phi) is 8.87. The van der Waals surface area contributed by atoms with Gasteiger partial charge >= 0.3 is 0 Å². The van der Waals surface area contributed by atoms with Crippen LogP contribution in [0.1, 0.15) is 0 Å². The van der Waals surface area contributed by atoms with Crippen LogP contribution in [0.5, 0.6) is 11.5 Å². The SMILES string of the molecule is c1ccc(-c2ccc(-c3ccc(N(c4ccc(-c5ccccc5)cc4)c4ccc5c(c4)Oc4cc6ccccc6cc4-c4ccc(-c6ccccc6)cc4-5)cc3)cc2)cc1. The summed E-state index contributed by atoms with van der Waals surface area (Å²) in [5.41, 5.74) is 17.0. The molecule has 11 rings (SSSR count). The monoisotopic (exact) mass is 765 g/mol. The van der Waals surface area contributed by atoms with E-state index in [4.69, 9.17) is 4.74 Å². The molecule has 60 heavy (non-hydrogen) atoms. The van der Waals surface area contributed by atoms with Crippen molar-refractivity contribution in [2.45, 2.75) is 0 Å². The highest BCUT2D eigenvalue weighted by Crippen LogP contribution is 2.51. The zero-order chi connectivity index (χ0) is 39.8. The van der Waals surface area contributed by atoms with E-state index in [1.807, 2.05) is 0 Å². The summed E-state index contributed by atoms with van der Waals surface area (Å²) in [6.45, 7) is 0. The van der Waals surface area contributed by atoms with Gasteiger partial charge in [0, 0.05) is 34.3 Å². The topological polar surface area (TPSA) is 12.5 Å². The lowest BCUT2D eigenvalue weighted by atomic mass is 9.90. The highest BCUT2D eigenvalue weighted by atomic mass is 16.5. The molecule has 1 aliphatic rings. The van der Waals surface area contributed by atoms with Crippen molar-refractivity contribution in [3.8, 4) is 78.3 Å². The van der Waals surface area contributed by atoms with Crippen molar-refractivity contribution in [1.82, 2.24) is 0 Å². The van der Waals surface area contributed by atoms with E-state index in [0.717, 1.165) is 61.8 Å². The van der Waals surface area contributed by atoms with Gasteiger partial charge in [-0.1, -0.05) is 176 Å². The fourth-order valence-electron chi connectivity index (χ4n) is 8.57. The standard InChI is InChI=1S/C58H39NO/c1-4-12-40(13-5-1)43-20-22-44(23-21-43)46-26-31-51(32-27-46)59(50-29-24-45(25-30-50)41-14-6-2-7-15-41)52-33-35-54-55-36-49(42-16-8-3-9-17-42)28-34-53(55)56-37-47-18-10-11-19-48(47)38-57(56)60-58(54)39-52/h1-39H. The number of anilines is 3. The molecule has 1 aliphatic heterocycles. The minimum atomic E-state index is 0.814. The highest BCUT2D eigenvalue weighted by Gasteiger charge is 2.24. The first-order valence-electron chi connectivity index (χ1n) is 20.5. The second-order valence-electron chi connectivity index (χ2n) is 15.3. The Bertz CT molecular complexity index is 3120. The van der Waals surface area contributed by atoms with Gasteiger partial charge in [-0.15, -0.1) is 0 Å². The Morgan fingerprint density at radius 3 is 1.15 bits per heavy atom. The summed E-state index contributed by atoms with van der Waals surface area (Å²) in [7, 11) is 0. The molecular weight excluding hydrogens is 727 g/mol. The summed E-state index contributed by atoms with van der Waals surface area (Å²) in [5.74, 6) is 1.66. The third-order valence-corrected chi connectivity index (χ3v) is 11.7. The van der Waals surface area contributed by atoms with Crippen LogP contribution in [-0.4, -0.2) is 0 Å². The third-order valence-electron chi connectivity index (χ3n) is 11.7. The van der Waals surface area contributed by atoms with Gasteiger partial charge in [0.25, 0.3) is 0 Å². The van der Waals surface area contributed by atoms with Crippen LogP contribution >= 0.6 is 0 Å². The van der Waals surface area contributed by atoms with E-state index in [9.17, 15) is 0 Å². The minimum absolute atomic E-state index is 0.814. The van der Waals surface area contributed by atoms with Gasteiger partial charge in [-0.25, -0.2) is 0 Å². The summed E-state index contributed by atoms with van der Waals surface area (Å²) in [5, 5.41) is 2.33. The Morgan fingerprint density at radius 2 is 0.617 bits per heavy atom. The van der Waals surface area contributed by atoms with Gasteiger partial charge in [0.15, 0.2) is 0 Å². The molecule has 0 amide bonds. The van der Waals surface area contributed by atoms with E-state index in [-0.39, 0.29) is 0 Å². The van der Waals surface area contributed by atoms with Crippen molar-refractivity contribution in [3.05, 3.63) is 237 Å². The van der Waals surface area contributed by atoms with E-state index < -0.39 is 0 Å². The first-order valence-corrected chi connectivity index (χ1v) is 20.5. The second-order valence-corrected chi connectivity index (χ2v) is 15.3. The molecular formula is C58H39NO. The molecule has 282 valence electrons. The molecule has 0 saturated heterocycles. The maximum Gasteiger partial charge on any atom is 0.137 e. The fourth-order valence-corrected chi connectivity index (χ4v) is 8.57. The maximum absolute atomic E-state index is 7.07. The van der Waals surface area contributed by atoms with Crippen molar-refractivity contribution >= 4 is 27.8 Å². The molecule has 1 heterocycles. The van der Waals surface area contributed by atoms with Crippen LogP contribution in [-0.2, 0) is 0 Å². The lowest BCUT2D eigenvalue weighted by Gasteiger charge is -2.27. The highest BCUT2D eigenvalue weighted by molar-refractivity contribution is 5.99. The Balaban J connectivity index is 1.03. The predicted octanol–water partition coefficient (Wildman–Crippen LogP) is 16.4. The number of hydrogen-bond donors (Lipinski definition) is 0. The zero-order valence-corrected chi connectivity index (χ0v) is 32.9. The average molecular weight is 766 g/mol. The lowest BCUT2D eigenvalue weighted by Crippen LogP contribution is -2.10. The number of hydrogen-bond acceptors (Lipinski definition) is 2. The Morgan fingerprint density at radius 1 is 0.233 bits per heavy atom. The molecule has 0 bridgehead atoms. The molecule has 10 aromatic carbocycles. The predicted molar refractivity (Wildman–Crippen MR) is 251 cm³/mol. The smallest absolute Gasteiger partial charge is 0.137 e. The van der Waals surface area contributed by atoms with Crippen LogP contribution in [0.4, 0.5) is 17.1 Å². The number of nitrogens with zero attached hydrogens (tertiary/aromatic N) is 1. The van der Waals surface area contributed by atoms with Crippen molar-refractivity contribution in [2.75, 3.05) is 4.90 Å². The van der Waals surface area contributed by atoms with Crippen LogP contribution in [0, 0.1) is 0 Å². The molecule has 2 nitrogen and oxygen atoms in total. The van der Waals surface area contributed by atoms with Gasteiger partial charge in [0.1, 0.15) is 11.5 Å². The lowest BCUT2D eigenvalue weighted by molar-refractivity contribution is 0.488. The zero-order valence-electron chi connectivity index (χ0n) is 32.9. The van der Waals surface area contributed by atoms with Gasteiger partial charge in [-0.2, -0.15) is 0 Å². The summed E-state index contributed by atoms with van der Waals surface area (Å²) in [6.07, 6.45) is 0. The van der Waals surface area contributed by atoms with Crippen LogP contribution < -0.4 is 9.64 Å². The maximum atomic E-state index is 7.07. The second kappa shape index (κ2) is 15.1. The van der Waals surface area contributed by atoms with Crippen molar-refractivity contribution in [3.63, 3.8) is 0 Å². The molecule has 0 unspecified atom stereocenters. The fraction of sp³-hybridized carbons (Fsp3) is 0. The Hall–Kier alpha value is -7.94. The number of benzene rings is 10. The van der Waals surface area contributed by atoms with Crippen molar-refractivity contribution in [2.24, 2.45) is 0 Å². The molecule has 0 aliphatic carbocycles. The summed E-state index contributed by atoms with van der Waals surface area (Å²) in [4.78, 5) is 2.33. The van der Waals surface area contributed by atoms with Crippen LogP contribution in [0.15, 0.2) is 237 Å². The van der Waals surface area contributed by atoms with Crippen LogP contribution in [0.25, 0.3) is 77.5 Å². The average Bonchev–Trinajstić information content (AvgIpc) is 3.45. The quantitative estimate of drug-likeness (QED) is 0.160. The number of ether oxygens (including phenoxy) is 1. The van der Waals surface area contributed by atoms with Crippen LogP contribution in [0.3, 0.4) is 0 Å². The Labute approximate surface area is 350 Å². The molecule has 0 atom stereocenters. The molecule has 0 aromatic heterocycles. The molecule has 0 N–H and O–H groups in total. The van der Waals surface area contributed by atoms with Gasteiger partial charge < -0.3 is 9.64 Å². The molecule has 0 fully saturated rings. The largest absolute Gasteiger partial charge is 0.456 e. The van der Waals surface area contributed by atoms with E-state index in [0.29, 0.717) is 0 Å². The summed E-state index contributed by atoms with van der Waals surface area (Å²) in [6, 6.07) is 84.7. The van der Waals surface area contributed by atoms with Gasteiger partial charge in [-0.3, -0.25) is 0 Å². The minimum Gasteiger partial charge on any atom is -0.456 e. The molecule has 0 radical (unpaired) electrons. The first kappa shape index (κ1) is 35.2. The summed E-state index contributed by atoms with van der Waals surface area (Å²) >= 11 is 0. The van der Waals surface area contributed by atoms with Gasteiger partial charge in [0.05, 0.1) is 0 Å². The molecule has 0 saturated carbocycles.